The smallest absolute Gasteiger partial charge is 0.331 e. The summed E-state index contributed by atoms with van der Waals surface area (Å²) in [4.78, 5) is 31.2. The molecule has 0 fully saturated rings. The molecule has 3 aromatic carbocycles. The summed E-state index contributed by atoms with van der Waals surface area (Å²) in [6.45, 7) is 7.44. The van der Waals surface area contributed by atoms with Crippen LogP contribution in [0.15, 0.2) is 75.6 Å². The molecule has 0 aromatic heterocycles. The molecule has 0 N–H and O–H groups in total. The Bertz CT molecular complexity index is 1290. The highest BCUT2D eigenvalue weighted by Gasteiger charge is 2.36. The van der Waals surface area contributed by atoms with E-state index in [1.807, 2.05) is 37.3 Å². The van der Waals surface area contributed by atoms with Crippen LogP contribution in [0.2, 0.25) is 0 Å². The van der Waals surface area contributed by atoms with Gasteiger partial charge in [0.1, 0.15) is 11.5 Å². The minimum atomic E-state index is -0.549. The van der Waals surface area contributed by atoms with E-state index in [0.717, 1.165) is 26.7 Å². The van der Waals surface area contributed by atoms with Gasteiger partial charge in [-0.1, -0.05) is 55.9 Å². The molecule has 1 aliphatic rings. The fourth-order valence-electron chi connectivity index (χ4n) is 4.25. The normalized spacial score (nSPS) is 13.7. The molecular formula is C28H27NO4S. The van der Waals surface area contributed by atoms with Gasteiger partial charge < -0.3 is 9.57 Å². The van der Waals surface area contributed by atoms with Crippen molar-refractivity contribution in [2.75, 3.05) is 7.11 Å². The molecule has 0 aliphatic heterocycles. The average molecular weight is 474 g/mol. The van der Waals surface area contributed by atoms with E-state index in [1.165, 1.54) is 18.1 Å². The number of methoxy groups -OCH3 is 1. The molecule has 0 radical (unpaired) electrons. The number of nitrogens with zero attached hydrogens (tertiary/aromatic N) is 1. The van der Waals surface area contributed by atoms with Gasteiger partial charge in [0.15, 0.2) is 0 Å². The Morgan fingerprint density at radius 3 is 2.15 bits per heavy atom. The molecule has 174 valence electrons. The lowest BCUT2D eigenvalue weighted by atomic mass is 9.81. The maximum atomic E-state index is 13.0. The maximum absolute atomic E-state index is 13.0. The van der Waals surface area contributed by atoms with Crippen LogP contribution in [0.5, 0.6) is 5.75 Å². The van der Waals surface area contributed by atoms with Gasteiger partial charge in [-0.05, 0) is 71.1 Å². The zero-order valence-corrected chi connectivity index (χ0v) is 20.8. The van der Waals surface area contributed by atoms with E-state index in [1.54, 1.807) is 18.9 Å². The molecule has 0 saturated carbocycles. The lowest BCUT2D eigenvalue weighted by Crippen LogP contribution is -2.18. The zero-order valence-electron chi connectivity index (χ0n) is 20.0. The Hall–Kier alpha value is -3.38. The van der Waals surface area contributed by atoms with Gasteiger partial charge in [-0.3, -0.25) is 4.79 Å². The second-order valence-electron chi connectivity index (χ2n) is 8.67. The largest absolute Gasteiger partial charge is 0.497 e. The SMILES string of the molecule is CCC(=NOC(C)=O)C(=O)c1ccc2c(c1)C(C)(C)c1cc(Sc3ccc(OC)cc3)ccc1-2. The van der Waals surface area contributed by atoms with Gasteiger partial charge in [0.25, 0.3) is 0 Å². The van der Waals surface area contributed by atoms with Crippen LogP contribution < -0.4 is 4.74 Å². The number of fused-ring (bicyclic) bond motifs is 3. The lowest BCUT2D eigenvalue weighted by molar-refractivity contribution is -0.140. The monoisotopic (exact) mass is 473 g/mol. The van der Waals surface area contributed by atoms with Crippen molar-refractivity contribution in [1.29, 1.82) is 0 Å². The predicted octanol–water partition coefficient (Wildman–Crippen LogP) is 6.66. The standard InChI is InChI=1S/C28H27NO4S/c1-6-26(29-33-17(2)30)27(31)18-7-13-22-23-14-12-21(16-25(23)28(3,4)24(22)15-18)34-20-10-8-19(32-5)9-11-20/h7-16H,6H2,1-5H3. The highest BCUT2D eigenvalue weighted by molar-refractivity contribution is 7.99. The van der Waals surface area contributed by atoms with Crippen molar-refractivity contribution < 1.29 is 19.2 Å². The first-order valence-corrected chi connectivity index (χ1v) is 12.0. The van der Waals surface area contributed by atoms with Gasteiger partial charge in [0.2, 0.25) is 5.78 Å². The third kappa shape index (κ3) is 4.50. The summed E-state index contributed by atoms with van der Waals surface area (Å²) in [7, 11) is 1.66. The first kappa shape index (κ1) is 23.8. The summed E-state index contributed by atoms with van der Waals surface area (Å²) >= 11 is 1.71. The van der Waals surface area contributed by atoms with E-state index in [9.17, 15) is 9.59 Å². The third-order valence-electron chi connectivity index (χ3n) is 6.09. The molecule has 0 amide bonds. The summed E-state index contributed by atoms with van der Waals surface area (Å²) < 4.78 is 5.25. The number of Topliss-reactive ketones (excluding diaryl/α,β-unsaturated/α-hetero) is 1. The summed E-state index contributed by atoms with van der Waals surface area (Å²) in [6, 6.07) is 20.4. The van der Waals surface area contributed by atoms with Crippen LogP contribution in [-0.2, 0) is 15.0 Å². The molecule has 5 nitrogen and oxygen atoms in total. The Morgan fingerprint density at radius 1 is 0.912 bits per heavy atom. The number of carbonyl (C=O) groups excluding carboxylic acids is 2. The van der Waals surface area contributed by atoms with E-state index >= 15 is 0 Å². The second-order valence-corrected chi connectivity index (χ2v) is 9.82. The zero-order chi connectivity index (χ0) is 24.5. The van der Waals surface area contributed by atoms with Crippen molar-refractivity contribution in [1.82, 2.24) is 0 Å². The number of ether oxygens (including phenoxy) is 1. The molecule has 34 heavy (non-hydrogen) atoms. The quantitative estimate of drug-likeness (QED) is 0.166. The summed E-state index contributed by atoms with van der Waals surface area (Å²) in [5, 5.41) is 3.76. The Balaban J connectivity index is 1.65. The molecule has 0 heterocycles. The van der Waals surface area contributed by atoms with Gasteiger partial charge in [0.05, 0.1) is 7.11 Å². The summed E-state index contributed by atoms with van der Waals surface area (Å²) in [6.07, 6.45) is 0.374. The number of ketones is 1. The molecule has 0 unspecified atom stereocenters. The number of hydrogen-bond donors (Lipinski definition) is 0. The van der Waals surface area contributed by atoms with Crippen LogP contribution in [0.1, 0.15) is 55.6 Å². The first-order valence-electron chi connectivity index (χ1n) is 11.1. The Labute approximate surface area is 204 Å². The molecule has 0 spiro atoms. The average Bonchev–Trinajstić information content (AvgIpc) is 3.05. The highest BCUT2D eigenvalue weighted by Crippen LogP contribution is 2.50. The van der Waals surface area contributed by atoms with Crippen LogP contribution in [-0.4, -0.2) is 24.6 Å². The van der Waals surface area contributed by atoms with E-state index in [-0.39, 0.29) is 16.9 Å². The minimum absolute atomic E-state index is 0.224. The fraction of sp³-hybridized carbons (Fsp3) is 0.250. The fourth-order valence-corrected chi connectivity index (χ4v) is 5.11. The molecule has 0 saturated heterocycles. The van der Waals surface area contributed by atoms with Crippen molar-refractivity contribution in [3.63, 3.8) is 0 Å². The van der Waals surface area contributed by atoms with Gasteiger partial charge in [0, 0.05) is 27.7 Å². The van der Waals surface area contributed by atoms with E-state index < -0.39 is 5.97 Å². The van der Waals surface area contributed by atoms with E-state index in [2.05, 4.69) is 49.3 Å². The maximum Gasteiger partial charge on any atom is 0.331 e. The van der Waals surface area contributed by atoms with Gasteiger partial charge >= 0.3 is 5.97 Å². The molecule has 6 heteroatoms. The lowest BCUT2D eigenvalue weighted by Gasteiger charge is -2.22. The van der Waals surface area contributed by atoms with Crippen molar-refractivity contribution in [3.05, 3.63) is 77.4 Å². The van der Waals surface area contributed by atoms with Crippen molar-refractivity contribution in [3.8, 4) is 16.9 Å². The summed E-state index contributed by atoms with van der Waals surface area (Å²) in [5.41, 5.74) is 5.14. The third-order valence-corrected chi connectivity index (χ3v) is 7.08. The molecular weight excluding hydrogens is 446 g/mol. The number of oxime groups is 1. The van der Waals surface area contributed by atoms with Crippen LogP contribution in [0.3, 0.4) is 0 Å². The van der Waals surface area contributed by atoms with E-state index in [0.29, 0.717) is 12.0 Å². The van der Waals surface area contributed by atoms with Crippen molar-refractivity contribution >= 4 is 29.2 Å². The van der Waals surface area contributed by atoms with Crippen LogP contribution in [0.4, 0.5) is 0 Å². The van der Waals surface area contributed by atoms with Gasteiger partial charge in [-0.25, -0.2) is 4.79 Å². The van der Waals surface area contributed by atoms with Crippen LogP contribution in [0, 0.1) is 0 Å². The van der Waals surface area contributed by atoms with Crippen LogP contribution >= 0.6 is 11.8 Å². The summed E-state index contributed by atoms with van der Waals surface area (Å²) in [5.74, 6) is 0.0611. The topological polar surface area (TPSA) is 65.0 Å². The molecule has 0 bridgehead atoms. The molecule has 0 atom stereocenters. The molecule has 3 aromatic rings. The van der Waals surface area contributed by atoms with Gasteiger partial charge in [-0.15, -0.1) is 0 Å². The number of rotatable bonds is 7. The number of benzene rings is 3. The van der Waals surface area contributed by atoms with Gasteiger partial charge in [-0.2, -0.15) is 0 Å². The molecule has 4 rings (SSSR count). The predicted molar refractivity (Wildman–Crippen MR) is 135 cm³/mol. The van der Waals surface area contributed by atoms with E-state index in [4.69, 9.17) is 9.57 Å². The number of carbonyl (C=O) groups is 2. The second kappa shape index (κ2) is 9.47. The number of hydrogen-bond acceptors (Lipinski definition) is 6. The Kier molecular flexibility index (Phi) is 6.62. The van der Waals surface area contributed by atoms with Crippen LogP contribution in [0.25, 0.3) is 11.1 Å². The van der Waals surface area contributed by atoms with Crippen molar-refractivity contribution in [2.24, 2.45) is 5.16 Å². The Morgan fingerprint density at radius 2 is 1.53 bits per heavy atom. The van der Waals surface area contributed by atoms with Crippen molar-refractivity contribution in [2.45, 2.75) is 49.3 Å². The highest BCUT2D eigenvalue weighted by atomic mass is 32.2. The first-order chi connectivity index (χ1) is 16.2. The minimum Gasteiger partial charge on any atom is -0.497 e. The molecule has 1 aliphatic carbocycles.